The van der Waals surface area contributed by atoms with Gasteiger partial charge in [0.1, 0.15) is 18.8 Å². The molecule has 6 atom stereocenters. The van der Waals surface area contributed by atoms with Crippen molar-refractivity contribution < 1.29 is 58.2 Å². The normalized spacial score (nSPS) is 18.7. The zero-order chi connectivity index (χ0) is 57.5. The second kappa shape index (κ2) is 53.7. The Balaban J connectivity index is 2.76. The Morgan fingerprint density at radius 1 is 0.430 bits per heavy atom. The molecule has 1 aliphatic rings. The number of aliphatic hydroxyl groups excluding tert-OH is 2. The molecule has 0 aliphatic carbocycles. The predicted octanol–water partition coefficient (Wildman–Crippen LogP) is 16.0. The highest BCUT2D eigenvalue weighted by molar-refractivity contribution is 5.74. The average molecular weight is 1100 g/mol. The van der Waals surface area contributed by atoms with Crippen molar-refractivity contribution in [2.75, 3.05) is 13.2 Å². The Hall–Kier alpha value is -4.88. The molecule has 6 unspecified atom stereocenters. The van der Waals surface area contributed by atoms with Gasteiger partial charge in [0.05, 0.1) is 6.61 Å². The number of aliphatic carboxylic acids is 1. The van der Waals surface area contributed by atoms with Crippen LogP contribution in [-0.2, 0) is 42.9 Å². The average Bonchev–Trinajstić information content (AvgIpc) is 3.47. The van der Waals surface area contributed by atoms with E-state index in [1.165, 1.54) is 70.6 Å². The van der Waals surface area contributed by atoms with Crippen LogP contribution in [-0.4, -0.2) is 89.2 Å². The van der Waals surface area contributed by atoms with Crippen LogP contribution in [0.3, 0.4) is 0 Å². The van der Waals surface area contributed by atoms with Gasteiger partial charge in [0.2, 0.25) is 0 Å². The number of esters is 3. The lowest BCUT2D eigenvalue weighted by Crippen LogP contribution is -2.61. The minimum atomic E-state index is -1.93. The first kappa shape index (κ1) is 72.1. The van der Waals surface area contributed by atoms with Crippen molar-refractivity contribution in [2.24, 2.45) is 0 Å². The molecule has 1 aliphatic heterocycles. The van der Waals surface area contributed by atoms with Gasteiger partial charge in [-0.3, -0.25) is 14.4 Å². The van der Waals surface area contributed by atoms with E-state index < -0.39 is 67.3 Å². The largest absolute Gasteiger partial charge is 0.479 e. The van der Waals surface area contributed by atoms with Crippen LogP contribution < -0.4 is 0 Å². The molecule has 1 rings (SSSR count). The van der Waals surface area contributed by atoms with Crippen molar-refractivity contribution in [3.63, 3.8) is 0 Å². The molecule has 0 bridgehead atoms. The number of carboxylic acid groups (broad SMARTS) is 1. The molecule has 0 aromatic heterocycles. The topological polar surface area (TPSA) is 175 Å². The minimum absolute atomic E-state index is 0.0285. The van der Waals surface area contributed by atoms with E-state index in [9.17, 15) is 34.5 Å². The summed E-state index contributed by atoms with van der Waals surface area (Å²) in [7, 11) is 0. The second-order valence-electron chi connectivity index (χ2n) is 20.2. The van der Waals surface area contributed by atoms with Crippen molar-refractivity contribution >= 4 is 23.9 Å². The van der Waals surface area contributed by atoms with Gasteiger partial charge in [-0.15, -0.1) is 0 Å². The number of allylic oxidation sites excluding steroid dienone is 20. The Bertz CT molecular complexity index is 1840. The van der Waals surface area contributed by atoms with Crippen LogP contribution in [0.1, 0.15) is 226 Å². The zero-order valence-electron chi connectivity index (χ0n) is 49.1. The summed E-state index contributed by atoms with van der Waals surface area (Å²) in [6.45, 7) is 5.69. The maximum Gasteiger partial charge on any atom is 0.335 e. The lowest BCUT2D eigenvalue weighted by molar-refractivity contribution is -0.301. The molecule has 1 saturated heterocycles. The molecular formula is C67H106O12. The number of unbranched alkanes of at least 4 members (excludes halogenated alkanes) is 16. The molecule has 446 valence electrons. The van der Waals surface area contributed by atoms with Gasteiger partial charge < -0.3 is 39.0 Å². The van der Waals surface area contributed by atoms with Gasteiger partial charge in [-0.2, -0.15) is 0 Å². The van der Waals surface area contributed by atoms with Crippen molar-refractivity contribution in [2.45, 2.75) is 263 Å². The molecule has 0 radical (unpaired) electrons. The molecule has 12 nitrogen and oxygen atoms in total. The number of hydrogen-bond donors (Lipinski definition) is 3. The summed E-state index contributed by atoms with van der Waals surface area (Å²) in [6, 6.07) is 0. The highest BCUT2D eigenvalue weighted by Gasteiger charge is 2.50. The number of ether oxygens (including phenoxy) is 5. The lowest BCUT2D eigenvalue weighted by atomic mass is 9.98. The number of hydrogen-bond acceptors (Lipinski definition) is 11. The fourth-order valence-electron chi connectivity index (χ4n) is 8.44. The van der Waals surface area contributed by atoms with E-state index in [1.54, 1.807) is 0 Å². The van der Waals surface area contributed by atoms with Gasteiger partial charge in [-0.1, -0.05) is 232 Å². The van der Waals surface area contributed by atoms with Gasteiger partial charge in [-0.05, 0) is 96.3 Å². The Labute approximate surface area is 478 Å². The zero-order valence-corrected chi connectivity index (χ0v) is 49.1. The number of rotatable bonds is 50. The van der Waals surface area contributed by atoms with E-state index in [0.717, 1.165) is 83.5 Å². The van der Waals surface area contributed by atoms with E-state index >= 15 is 0 Å². The SMILES string of the molecule is CC/C=C\C/C=C\C/C=C\C/C=C\C/C=C\CCCC(=O)OCC(COC1OC(C(=O)O)C(O)C(O)C1OC(=O)CCC/C=C\C/C=C\C/C=C\C/C=C\C/C=C\CC)OC(=O)CCCCCCCCCCCCCCCCC. The molecular weight excluding hydrogens is 997 g/mol. The van der Waals surface area contributed by atoms with Crippen molar-refractivity contribution in [1.82, 2.24) is 0 Å². The first-order valence-corrected chi connectivity index (χ1v) is 30.5. The van der Waals surface area contributed by atoms with Crippen LogP contribution in [0.5, 0.6) is 0 Å². The summed E-state index contributed by atoms with van der Waals surface area (Å²) in [6.07, 6.45) is 61.7. The van der Waals surface area contributed by atoms with Crippen LogP contribution in [0, 0.1) is 0 Å². The molecule has 1 fully saturated rings. The third kappa shape index (κ3) is 43.6. The molecule has 0 aromatic carbocycles. The fourth-order valence-corrected chi connectivity index (χ4v) is 8.44. The molecule has 79 heavy (non-hydrogen) atoms. The fraction of sp³-hybridized carbons (Fsp3) is 0.642. The van der Waals surface area contributed by atoms with Crippen LogP contribution in [0.2, 0.25) is 0 Å². The lowest BCUT2D eigenvalue weighted by Gasteiger charge is -2.40. The summed E-state index contributed by atoms with van der Waals surface area (Å²) in [5.41, 5.74) is 0. The Kier molecular flexibility index (Phi) is 49.1. The maximum absolute atomic E-state index is 13.2. The summed E-state index contributed by atoms with van der Waals surface area (Å²) >= 11 is 0. The minimum Gasteiger partial charge on any atom is -0.479 e. The van der Waals surface area contributed by atoms with Crippen LogP contribution in [0.4, 0.5) is 0 Å². The van der Waals surface area contributed by atoms with E-state index in [4.69, 9.17) is 23.7 Å². The van der Waals surface area contributed by atoms with Crippen LogP contribution in [0.15, 0.2) is 122 Å². The predicted molar refractivity (Wildman–Crippen MR) is 321 cm³/mol. The third-order valence-electron chi connectivity index (χ3n) is 13.0. The van der Waals surface area contributed by atoms with Gasteiger partial charge in [0, 0.05) is 19.3 Å². The number of aliphatic hydroxyl groups is 2. The molecule has 0 saturated carbocycles. The molecule has 0 amide bonds. The monoisotopic (exact) mass is 1100 g/mol. The van der Waals surface area contributed by atoms with E-state index in [0.29, 0.717) is 32.1 Å². The Morgan fingerprint density at radius 2 is 0.797 bits per heavy atom. The number of carbonyl (C=O) groups excluding carboxylic acids is 3. The summed E-state index contributed by atoms with van der Waals surface area (Å²) in [5, 5.41) is 31.5. The summed E-state index contributed by atoms with van der Waals surface area (Å²) < 4.78 is 28.3. The first-order chi connectivity index (χ1) is 38.6. The molecule has 12 heteroatoms. The quantitative estimate of drug-likeness (QED) is 0.0228. The van der Waals surface area contributed by atoms with Crippen molar-refractivity contribution in [3.8, 4) is 0 Å². The number of carbonyl (C=O) groups is 4. The maximum atomic E-state index is 13.2. The van der Waals surface area contributed by atoms with E-state index in [1.807, 2.05) is 18.2 Å². The smallest absolute Gasteiger partial charge is 0.335 e. The molecule has 1 heterocycles. The van der Waals surface area contributed by atoms with Crippen LogP contribution >= 0.6 is 0 Å². The van der Waals surface area contributed by atoms with E-state index in [-0.39, 0.29) is 25.9 Å². The van der Waals surface area contributed by atoms with Gasteiger partial charge >= 0.3 is 23.9 Å². The van der Waals surface area contributed by atoms with Gasteiger partial charge in [0.25, 0.3) is 0 Å². The molecule has 3 N–H and O–H groups in total. The highest BCUT2D eigenvalue weighted by atomic mass is 16.7. The van der Waals surface area contributed by atoms with E-state index in [2.05, 4.69) is 124 Å². The second-order valence-corrected chi connectivity index (χ2v) is 20.2. The van der Waals surface area contributed by atoms with Gasteiger partial charge in [-0.25, -0.2) is 4.79 Å². The highest BCUT2D eigenvalue weighted by Crippen LogP contribution is 2.26. The summed E-state index contributed by atoms with van der Waals surface area (Å²) in [4.78, 5) is 51.2. The van der Waals surface area contributed by atoms with Crippen molar-refractivity contribution in [1.29, 1.82) is 0 Å². The first-order valence-electron chi connectivity index (χ1n) is 30.5. The molecule has 0 aromatic rings. The standard InChI is InChI=1S/C67H106O12/c1-4-7-10-13-16-19-22-25-28-30-33-35-38-41-44-47-50-53-59(68)75-56-58(77-60(69)54-51-48-45-42-39-36-32-27-24-21-18-15-12-9-6-3)57-76-67-65(63(72)62(71)64(79-67)66(73)74)78-61(70)55-52-49-46-43-40-37-34-31-29-26-23-20-17-14-11-8-5-2/h7-8,10-11,16-17,19-20,25-26,28-29,33-35,37,41,43-44,46,58,62-65,67,71-72H,4-6,9,12-15,18,21-24,27,30-32,36,38-40,42,45,47-57H2,1-3H3,(H,73,74)/b10-7-,11-8-,19-16-,20-17-,28-25-,29-26-,35-33-,37-34-,44-41-,46-43-. The Morgan fingerprint density at radius 3 is 1.20 bits per heavy atom. The number of carboxylic acids is 1. The third-order valence-corrected chi connectivity index (χ3v) is 13.0. The van der Waals surface area contributed by atoms with Crippen molar-refractivity contribution in [3.05, 3.63) is 122 Å². The summed E-state index contributed by atoms with van der Waals surface area (Å²) in [5.74, 6) is -3.28. The molecule has 0 spiro atoms. The van der Waals surface area contributed by atoms with Gasteiger partial charge in [0.15, 0.2) is 24.6 Å². The van der Waals surface area contributed by atoms with Crippen LogP contribution in [0.25, 0.3) is 0 Å².